The minimum atomic E-state index is -4.59. The van der Waals surface area contributed by atoms with Gasteiger partial charge in [0.15, 0.2) is 5.69 Å². The molecule has 0 N–H and O–H groups in total. The highest BCUT2D eigenvalue weighted by atomic mass is 35.5. The lowest BCUT2D eigenvalue weighted by molar-refractivity contribution is -0.140. The molecule has 1 fully saturated rings. The number of aryl methyl sites for hydroxylation is 1. The van der Waals surface area contributed by atoms with Crippen LogP contribution in [0, 0.1) is 12.7 Å². The van der Waals surface area contributed by atoms with Crippen molar-refractivity contribution < 1.29 is 22.3 Å². The molecule has 0 saturated carbocycles. The van der Waals surface area contributed by atoms with E-state index in [1.54, 1.807) is 17.6 Å². The zero-order valence-electron chi connectivity index (χ0n) is 15.2. The van der Waals surface area contributed by atoms with Crippen LogP contribution in [-0.2, 0) is 17.5 Å². The van der Waals surface area contributed by atoms with Crippen LogP contribution in [0.1, 0.15) is 11.3 Å². The van der Waals surface area contributed by atoms with E-state index in [0.29, 0.717) is 48.2 Å². The van der Waals surface area contributed by atoms with Gasteiger partial charge in [-0.05, 0) is 30.7 Å². The molecule has 3 heterocycles. The summed E-state index contributed by atoms with van der Waals surface area (Å²) in [6.45, 7) is 5.29. The van der Waals surface area contributed by atoms with Gasteiger partial charge in [-0.3, -0.25) is 4.90 Å². The SMILES string of the molecule is Cc1cc2c(cc1F)c1ccnc(C(F)(F)F)c1n2CCN1CCOCC1.Cl. The van der Waals surface area contributed by atoms with Crippen molar-refractivity contribution in [1.82, 2.24) is 14.5 Å². The maximum Gasteiger partial charge on any atom is 0.435 e. The smallest absolute Gasteiger partial charge is 0.379 e. The Bertz CT molecular complexity index is 996. The topological polar surface area (TPSA) is 30.3 Å². The molecule has 3 aromatic rings. The molecule has 1 saturated heterocycles. The van der Waals surface area contributed by atoms with Gasteiger partial charge in [0, 0.05) is 48.7 Å². The third-order valence-corrected chi connectivity index (χ3v) is 5.06. The number of fused-ring (bicyclic) bond motifs is 3. The summed E-state index contributed by atoms with van der Waals surface area (Å²) in [6.07, 6.45) is -3.45. The Morgan fingerprint density at radius 1 is 1.11 bits per heavy atom. The summed E-state index contributed by atoms with van der Waals surface area (Å²) in [4.78, 5) is 5.75. The third kappa shape index (κ3) is 3.68. The van der Waals surface area contributed by atoms with Crippen molar-refractivity contribution in [3.63, 3.8) is 0 Å². The van der Waals surface area contributed by atoms with Crippen LogP contribution in [0.4, 0.5) is 17.6 Å². The molecule has 0 aliphatic carbocycles. The van der Waals surface area contributed by atoms with Crippen molar-refractivity contribution in [3.05, 3.63) is 41.5 Å². The molecule has 1 aliphatic heterocycles. The van der Waals surface area contributed by atoms with Crippen molar-refractivity contribution in [2.75, 3.05) is 32.8 Å². The number of alkyl halides is 3. The molecule has 1 aliphatic rings. The molecule has 2 aromatic heterocycles. The molecule has 0 unspecified atom stereocenters. The zero-order valence-corrected chi connectivity index (χ0v) is 16.0. The van der Waals surface area contributed by atoms with Crippen molar-refractivity contribution >= 4 is 34.2 Å². The zero-order chi connectivity index (χ0) is 19.2. The van der Waals surface area contributed by atoms with Gasteiger partial charge >= 0.3 is 6.18 Å². The number of aromatic nitrogens is 2. The molecule has 0 amide bonds. The minimum absolute atomic E-state index is 0. The largest absolute Gasteiger partial charge is 0.435 e. The first-order valence-corrected chi connectivity index (χ1v) is 8.80. The van der Waals surface area contributed by atoms with Crippen molar-refractivity contribution in [1.29, 1.82) is 0 Å². The molecule has 0 bridgehead atoms. The highest BCUT2D eigenvalue weighted by molar-refractivity contribution is 6.09. The molecule has 0 spiro atoms. The number of nitrogens with zero attached hydrogens (tertiary/aromatic N) is 3. The summed E-state index contributed by atoms with van der Waals surface area (Å²) in [5.74, 6) is -0.430. The van der Waals surface area contributed by atoms with Crippen LogP contribution >= 0.6 is 12.4 Å². The van der Waals surface area contributed by atoms with Crippen molar-refractivity contribution in [3.8, 4) is 0 Å². The van der Waals surface area contributed by atoms with Gasteiger partial charge in [0.2, 0.25) is 0 Å². The second-order valence-corrected chi connectivity index (χ2v) is 6.78. The predicted molar refractivity (Wildman–Crippen MR) is 101 cm³/mol. The second kappa shape index (κ2) is 7.85. The van der Waals surface area contributed by atoms with Gasteiger partial charge in [0.05, 0.1) is 18.7 Å². The maximum atomic E-state index is 14.1. The Balaban J connectivity index is 0.00000225. The number of morpholine rings is 1. The summed E-state index contributed by atoms with van der Waals surface area (Å²) in [5.41, 5.74) is 0.0737. The van der Waals surface area contributed by atoms with E-state index in [2.05, 4.69) is 9.88 Å². The van der Waals surface area contributed by atoms with Crippen LogP contribution in [0.25, 0.3) is 21.8 Å². The fourth-order valence-electron chi connectivity index (χ4n) is 3.68. The van der Waals surface area contributed by atoms with Gasteiger partial charge in [-0.25, -0.2) is 9.37 Å². The maximum absolute atomic E-state index is 14.1. The monoisotopic (exact) mass is 417 g/mol. The van der Waals surface area contributed by atoms with E-state index in [0.717, 1.165) is 19.3 Å². The molecule has 4 rings (SSSR count). The number of ether oxygens (including phenoxy) is 1. The Morgan fingerprint density at radius 3 is 2.50 bits per heavy atom. The van der Waals surface area contributed by atoms with Gasteiger partial charge in [0.25, 0.3) is 0 Å². The summed E-state index contributed by atoms with van der Waals surface area (Å²) >= 11 is 0. The van der Waals surface area contributed by atoms with E-state index in [-0.39, 0.29) is 17.9 Å². The minimum Gasteiger partial charge on any atom is -0.379 e. The lowest BCUT2D eigenvalue weighted by Crippen LogP contribution is -2.38. The summed E-state index contributed by atoms with van der Waals surface area (Å²) < 4.78 is 61.9. The first-order chi connectivity index (χ1) is 12.9. The molecule has 9 heteroatoms. The Morgan fingerprint density at radius 2 is 1.82 bits per heavy atom. The standard InChI is InChI=1S/C19H19F4N3O.ClH/c1-12-10-16-14(11-15(12)20)13-2-3-24-18(19(21,22)23)17(13)26(16)5-4-25-6-8-27-9-7-25;/h2-3,10-11H,4-9H2,1H3;1H. The fourth-order valence-corrected chi connectivity index (χ4v) is 3.68. The molecular formula is C19H20ClF4N3O. The van der Waals surface area contributed by atoms with E-state index in [4.69, 9.17) is 4.74 Å². The quantitative estimate of drug-likeness (QED) is 0.591. The normalized spacial score (nSPS) is 15.9. The van der Waals surface area contributed by atoms with E-state index in [1.807, 2.05) is 0 Å². The van der Waals surface area contributed by atoms with Crippen molar-refractivity contribution in [2.45, 2.75) is 19.6 Å². The summed E-state index contributed by atoms with van der Waals surface area (Å²) in [7, 11) is 0. The van der Waals surface area contributed by atoms with Crippen LogP contribution < -0.4 is 0 Å². The molecule has 0 radical (unpaired) electrons. The fraction of sp³-hybridized carbons (Fsp3) is 0.421. The van der Waals surface area contributed by atoms with Gasteiger partial charge in [-0.15, -0.1) is 12.4 Å². The average Bonchev–Trinajstić information content (AvgIpc) is 2.93. The number of benzene rings is 1. The Labute approximate surface area is 165 Å². The van der Waals surface area contributed by atoms with E-state index in [1.165, 1.54) is 12.1 Å². The van der Waals surface area contributed by atoms with Crippen molar-refractivity contribution in [2.24, 2.45) is 0 Å². The van der Waals surface area contributed by atoms with Gasteiger partial charge in [-0.1, -0.05) is 0 Å². The van der Waals surface area contributed by atoms with E-state index in [9.17, 15) is 17.6 Å². The lowest BCUT2D eigenvalue weighted by atomic mass is 10.1. The average molecular weight is 418 g/mol. The van der Waals surface area contributed by atoms with Crippen LogP contribution in [0.15, 0.2) is 24.4 Å². The second-order valence-electron chi connectivity index (χ2n) is 6.78. The molecule has 0 atom stereocenters. The van der Waals surface area contributed by atoms with E-state index >= 15 is 0 Å². The molecule has 28 heavy (non-hydrogen) atoms. The van der Waals surface area contributed by atoms with Gasteiger partial charge in [-0.2, -0.15) is 13.2 Å². The molecular weight excluding hydrogens is 398 g/mol. The number of hydrogen-bond acceptors (Lipinski definition) is 3. The molecule has 1 aromatic carbocycles. The van der Waals surface area contributed by atoms with Crippen LogP contribution in [0.2, 0.25) is 0 Å². The summed E-state index contributed by atoms with van der Waals surface area (Å²) in [6, 6.07) is 4.45. The molecule has 152 valence electrons. The highest BCUT2D eigenvalue weighted by Gasteiger charge is 2.36. The first-order valence-electron chi connectivity index (χ1n) is 8.80. The first kappa shape index (κ1) is 20.8. The van der Waals surface area contributed by atoms with Crippen LogP contribution in [0.5, 0.6) is 0 Å². The van der Waals surface area contributed by atoms with Gasteiger partial charge in [0.1, 0.15) is 5.82 Å². The summed E-state index contributed by atoms with van der Waals surface area (Å²) in [5, 5.41) is 0.844. The number of pyridine rings is 1. The third-order valence-electron chi connectivity index (χ3n) is 5.06. The van der Waals surface area contributed by atoms with Crippen LogP contribution in [-0.4, -0.2) is 47.3 Å². The molecule has 4 nitrogen and oxygen atoms in total. The number of rotatable bonds is 3. The van der Waals surface area contributed by atoms with Gasteiger partial charge < -0.3 is 9.30 Å². The number of hydrogen-bond donors (Lipinski definition) is 0. The Hall–Kier alpha value is -1.90. The predicted octanol–water partition coefficient (Wildman–Crippen LogP) is 4.41. The van der Waals surface area contributed by atoms with Crippen LogP contribution in [0.3, 0.4) is 0 Å². The Kier molecular flexibility index (Phi) is 5.84. The van der Waals surface area contributed by atoms with E-state index < -0.39 is 17.7 Å². The number of halogens is 5. The highest BCUT2D eigenvalue weighted by Crippen LogP contribution is 2.38. The lowest BCUT2D eigenvalue weighted by Gasteiger charge is -2.27.